The van der Waals surface area contributed by atoms with Gasteiger partial charge in [-0.05, 0) is 24.1 Å². The van der Waals surface area contributed by atoms with Crippen molar-refractivity contribution in [1.29, 1.82) is 0 Å². The van der Waals surface area contributed by atoms with Crippen molar-refractivity contribution in [3.8, 4) is 22.6 Å². The van der Waals surface area contributed by atoms with E-state index in [0.29, 0.717) is 6.04 Å². The number of aryl methyl sites for hydroxylation is 2. The summed E-state index contributed by atoms with van der Waals surface area (Å²) in [4.78, 5) is 4.36. The van der Waals surface area contributed by atoms with Crippen LogP contribution in [0.3, 0.4) is 0 Å². The van der Waals surface area contributed by atoms with Crippen molar-refractivity contribution in [3.63, 3.8) is 0 Å². The number of rotatable bonds is 3. The van der Waals surface area contributed by atoms with Crippen LogP contribution >= 0.6 is 0 Å². The Balaban J connectivity index is 0.000000183. The number of hydrogen-bond donors (Lipinski definition) is 0. The molecule has 0 saturated carbocycles. The van der Waals surface area contributed by atoms with Gasteiger partial charge in [0.05, 0.1) is 6.20 Å². The zero-order valence-corrected chi connectivity index (χ0v) is 20.0. The van der Waals surface area contributed by atoms with Gasteiger partial charge in [-0.15, -0.1) is 16.3 Å². The Morgan fingerprint density at radius 1 is 1.03 bits per heavy atom. The molecule has 4 aromatic rings. The van der Waals surface area contributed by atoms with Crippen molar-refractivity contribution in [2.24, 2.45) is 19.2 Å². The second-order valence-electron chi connectivity index (χ2n) is 6.98. The van der Waals surface area contributed by atoms with E-state index >= 15 is 0 Å². The van der Waals surface area contributed by atoms with Crippen LogP contribution in [0.1, 0.15) is 6.92 Å². The van der Waals surface area contributed by atoms with Gasteiger partial charge in [-0.1, -0.05) is 42.0 Å². The fourth-order valence-corrected chi connectivity index (χ4v) is 3.31. The summed E-state index contributed by atoms with van der Waals surface area (Å²) in [5.41, 5.74) is 4.10. The van der Waals surface area contributed by atoms with Crippen LogP contribution in [-0.4, -0.2) is 30.1 Å². The number of nitrogens with zero attached hydrogens (tertiary/aromatic N) is 6. The van der Waals surface area contributed by atoms with Crippen LogP contribution in [0.2, 0.25) is 0 Å². The predicted molar refractivity (Wildman–Crippen MR) is 116 cm³/mol. The molecule has 159 valence electrons. The average molecular weight is 588 g/mol. The Labute approximate surface area is 195 Å². The van der Waals surface area contributed by atoms with Crippen LogP contribution in [0.5, 0.6) is 0 Å². The summed E-state index contributed by atoms with van der Waals surface area (Å²) in [6.07, 6.45) is 10.6. The molecule has 0 saturated heterocycles. The summed E-state index contributed by atoms with van der Waals surface area (Å²) in [5, 5.41) is 8.44. The second-order valence-corrected chi connectivity index (χ2v) is 6.98. The van der Waals surface area contributed by atoms with Gasteiger partial charge < -0.3 is 14.2 Å². The van der Waals surface area contributed by atoms with Gasteiger partial charge in [0, 0.05) is 58.4 Å². The third-order valence-electron chi connectivity index (χ3n) is 4.85. The first-order valence-corrected chi connectivity index (χ1v) is 9.76. The number of hydrogen-bond acceptors (Lipinski definition) is 3. The molecule has 1 atom stereocenters. The van der Waals surface area contributed by atoms with Gasteiger partial charge in [-0.2, -0.15) is 18.2 Å². The molecule has 0 spiro atoms. The second kappa shape index (κ2) is 10.2. The Morgan fingerprint density at radius 3 is 2.42 bits per heavy atom. The summed E-state index contributed by atoms with van der Waals surface area (Å²) in [5.74, 6) is 0.877. The van der Waals surface area contributed by atoms with Crippen LogP contribution in [-0.2, 0) is 34.2 Å². The molecule has 0 bridgehead atoms. The minimum atomic E-state index is 0. The Bertz CT molecular complexity index is 1180. The van der Waals surface area contributed by atoms with Crippen LogP contribution in [0.15, 0.2) is 84.4 Å². The van der Waals surface area contributed by atoms with Gasteiger partial charge in [-0.25, -0.2) is 0 Å². The normalized spacial score (nSPS) is 14.4. The van der Waals surface area contributed by atoms with E-state index in [1.807, 2.05) is 82.9 Å². The van der Waals surface area contributed by atoms with E-state index in [0.717, 1.165) is 28.3 Å². The quantitative estimate of drug-likeness (QED) is 0.256. The van der Waals surface area contributed by atoms with E-state index in [9.17, 15) is 0 Å². The van der Waals surface area contributed by atoms with Crippen LogP contribution in [0.25, 0.3) is 22.6 Å². The largest absolute Gasteiger partial charge is 0.387 e. The molecule has 6 nitrogen and oxygen atoms in total. The number of imidazole rings is 1. The SMILES string of the molecule is CC1C=CN=[N+]1c1[c-]cccc1.Cn1ccnc1-c1[c-]nn(C)c1-c1ccccc1.[Ir]. The molecule has 1 radical (unpaired) electrons. The van der Waals surface area contributed by atoms with Crippen LogP contribution < -0.4 is 0 Å². The smallest absolute Gasteiger partial charge is 0.199 e. The monoisotopic (exact) mass is 588 g/mol. The van der Waals surface area contributed by atoms with E-state index in [2.05, 4.69) is 52.6 Å². The van der Waals surface area contributed by atoms with Gasteiger partial charge in [0.15, 0.2) is 6.04 Å². The summed E-state index contributed by atoms with van der Waals surface area (Å²) < 4.78 is 5.75. The summed E-state index contributed by atoms with van der Waals surface area (Å²) in [6, 6.07) is 21.5. The third kappa shape index (κ3) is 4.95. The molecular weight excluding hydrogens is 565 g/mol. The molecule has 5 rings (SSSR count). The van der Waals surface area contributed by atoms with E-state index in [1.54, 1.807) is 6.20 Å². The first-order valence-electron chi connectivity index (χ1n) is 9.76. The number of aromatic nitrogens is 4. The average Bonchev–Trinajstić information content (AvgIpc) is 3.49. The van der Waals surface area contributed by atoms with Crippen LogP contribution in [0.4, 0.5) is 5.69 Å². The number of para-hydroxylation sites is 1. The molecule has 7 heteroatoms. The molecule has 3 heterocycles. The molecule has 31 heavy (non-hydrogen) atoms. The van der Waals surface area contributed by atoms with Crippen molar-refractivity contribution >= 4 is 5.69 Å². The maximum Gasteiger partial charge on any atom is 0.199 e. The third-order valence-corrected chi connectivity index (χ3v) is 4.85. The van der Waals surface area contributed by atoms with Crippen molar-refractivity contribution in [3.05, 3.63) is 91.5 Å². The standard InChI is InChI=1S/C14H13N4.C10H10N2.Ir/c1-17-9-8-15-14(17)12-10-16-18(2)13(12)11-6-4-3-5-7-11;1-9-7-8-11-12(9)10-5-3-2-4-6-10;/h3-9H,1-2H3;2-5,7-9H,1H3;/q-1;;. The van der Waals surface area contributed by atoms with E-state index in [1.165, 1.54) is 0 Å². The topological polar surface area (TPSA) is 51.0 Å². The van der Waals surface area contributed by atoms with Crippen molar-refractivity contribution in [2.45, 2.75) is 13.0 Å². The Hall–Kier alpha value is -3.15. The van der Waals surface area contributed by atoms with Gasteiger partial charge in [0.25, 0.3) is 0 Å². The zero-order chi connectivity index (χ0) is 20.9. The van der Waals surface area contributed by atoms with Crippen molar-refractivity contribution < 1.29 is 24.8 Å². The molecule has 2 aromatic heterocycles. The maximum atomic E-state index is 4.36. The fraction of sp³-hybridized carbons (Fsp3) is 0.167. The van der Waals surface area contributed by atoms with Crippen LogP contribution in [0, 0.1) is 12.3 Å². The first-order chi connectivity index (χ1) is 14.6. The summed E-state index contributed by atoms with van der Waals surface area (Å²) in [7, 11) is 3.89. The van der Waals surface area contributed by atoms with Gasteiger partial charge >= 0.3 is 0 Å². The summed E-state index contributed by atoms with van der Waals surface area (Å²) in [6.45, 7) is 2.10. The minimum absolute atomic E-state index is 0. The fourth-order valence-electron chi connectivity index (χ4n) is 3.31. The number of azo groups is 2. The molecule has 1 aliphatic rings. The van der Waals surface area contributed by atoms with Crippen molar-refractivity contribution in [2.75, 3.05) is 0 Å². The van der Waals surface area contributed by atoms with E-state index < -0.39 is 0 Å². The predicted octanol–water partition coefficient (Wildman–Crippen LogP) is 4.78. The van der Waals surface area contributed by atoms with E-state index in [-0.39, 0.29) is 20.1 Å². The molecule has 0 fully saturated rings. The molecule has 2 aromatic carbocycles. The minimum Gasteiger partial charge on any atom is -0.387 e. The van der Waals surface area contributed by atoms with Gasteiger partial charge in [0.2, 0.25) is 0 Å². The van der Waals surface area contributed by atoms with Gasteiger partial charge in [0.1, 0.15) is 5.69 Å². The molecule has 1 unspecified atom stereocenters. The van der Waals surface area contributed by atoms with Crippen molar-refractivity contribution in [1.82, 2.24) is 19.3 Å². The molecular formula is C24H23IrN6-. The zero-order valence-electron chi connectivity index (χ0n) is 17.6. The Kier molecular flexibility index (Phi) is 7.45. The van der Waals surface area contributed by atoms with Gasteiger partial charge in [-0.3, -0.25) is 5.10 Å². The number of benzene rings is 2. The van der Waals surface area contributed by atoms with E-state index in [4.69, 9.17) is 0 Å². The molecule has 1 aliphatic heterocycles. The molecule has 0 aliphatic carbocycles. The maximum absolute atomic E-state index is 4.36. The Morgan fingerprint density at radius 2 is 1.81 bits per heavy atom. The molecule has 0 N–H and O–H groups in total. The first kappa shape index (κ1) is 22.5. The summed E-state index contributed by atoms with van der Waals surface area (Å²) >= 11 is 0. The molecule has 0 amide bonds.